The number of carboxylic acids is 1. The van der Waals surface area contributed by atoms with E-state index >= 15 is 0 Å². The number of hydrogen-bond donors (Lipinski definition) is 1. The molecule has 0 radical (unpaired) electrons. The molecule has 0 spiro atoms. The number of carbonyl (C=O) groups is 1. The van der Waals surface area contributed by atoms with Gasteiger partial charge in [-0.25, -0.2) is 8.78 Å². The molecule has 0 unspecified atom stereocenters. The van der Waals surface area contributed by atoms with Crippen LogP contribution in [0.2, 0.25) is 0 Å². The zero-order valence-electron chi connectivity index (χ0n) is 6.07. The van der Waals surface area contributed by atoms with Crippen LogP contribution in [-0.4, -0.2) is 23.5 Å². The maximum absolute atomic E-state index is 12.4. The Kier molecular flexibility index (Phi) is 3.99. The highest BCUT2D eigenvalue weighted by molar-refractivity contribution is 5.66. The van der Waals surface area contributed by atoms with Gasteiger partial charge in [-0.2, -0.15) is 0 Å². The molecule has 12 heavy (non-hydrogen) atoms. The van der Waals surface area contributed by atoms with Crippen LogP contribution < -0.4 is 0 Å². The van der Waals surface area contributed by atoms with Crippen molar-refractivity contribution in [1.82, 2.24) is 0 Å². The number of azide groups is 1. The van der Waals surface area contributed by atoms with Gasteiger partial charge in [0.25, 0.3) is 5.92 Å². The van der Waals surface area contributed by atoms with Crippen LogP contribution in [0, 0.1) is 0 Å². The van der Waals surface area contributed by atoms with Crippen molar-refractivity contribution in [2.24, 2.45) is 5.11 Å². The second-order valence-electron chi connectivity index (χ2n) is 2.14. The van der Waals surface area contributed by atoms with E-state index in [1.165, 1.54) is 0 Å². The van der Waals surface area contributed by atoms with Crippen LogP contribution in [0.5, 0.6) is 0 Å². The van der Waals surface area contributed by atoms with Gasteiger partial charge in [-0.1, -0.05) is 5.11 Å². The van der Waals surface area contributed by atoms with E-state index < -0.39 is 31.3 Å². The monoisotopic (exact) mass is 179 g/mol. The van der Waals surface area contributed by atoms with Gasteiger partial charge < -0.3 is 5.11 Å². The Morgan fingerprint density at radius 3 is 2.67 bits per heavy atom. The van der Waals surface area contributed by atoms with E-state index in [0.29, 0.717) is 0 Å². The summed E-state index contributed by atoms with van der Waals surface area (Å²) < 4.78 is 24.9. The van der Waals surface area contributed by atoms with Crippen molar-refractivity contribution < 1.29 is 18.7 Å². The predicted molar refractivity (Wildman–Crippen MR) is 35.8 cm³/mol. The Labute approximate surface area is 66.6 Å². The quantitative estimate of drug-likeness (QED) is 0.396. The molecule has 68 valence electrons. The number of halogens is 2. The van der Waals surface area contributed by atoms with Crippen molar-refractivity contribution in [3.05, 3.63) is 10.4 Å². The zero-order chi connectivity index (χ0) is 9.61. The minimum atomic E-state index is -3.22. The Morgan fingerprint density at radius 1 is 1.67 bits per heavy atom. The lowest BCUT2D eigenvalue weighted by Crippen LogP contribution is -2.21. The molecule has 0 saturated heterocycles. The van der Waals surface area contributed by atoms with Gasteiger partial charge in [-0.3, -0.25) is 4.79 Å². The van der Waals surface area contributed by atoms with Crippen LogP contribution in [0.15, 0.2) is 5.11 Å². The van der Waals surface area contributed by atoms with Gasteiger partial charge in [0.15, 0.2) is 0 Å². The molecule has 0 aromatic rings. The number of hydrogen-bond acceptors (Lipinski definition) is 2. The minimum absolute atomic E-state index is 0.631. The molecule has 0 aromatic carbocycles. The third kappa shape index (κ3) is 5.43. The fourth-order valence-electron chi connectivity index (χ4n) is 0.504. The van der Waals surface area contributed by atoms with Crippen molar-refractivity contribution in [3.8, 4) is 0 Å². The van der Waals surface area contributed by atoms with Crippen LogP contribution in [0.3, 0.4) is 0 Å². The molecular weight excluding hydrogens is 172 g/mol. The summed E-state index contributed by atoms with van der Waals surface area (Å²) in [7, 11) is 0. The molecule has 0 rings (SSSR count). The lowest BCUT2D eigenvalue weighted by molar-refractivity contribution is -0.139. The second-order valence-corrected chi connectivity index (χ2v) is 2.14. The zero-order valence-corrected chi connectivity index (χ0v) is 6.07. The maximum Gasteiger partial charge on any atom is 0.303 e. The first-order chi connectivity index (χ1) is 5.48. The van der Waals surface area contributed by atoms with Crippen molar-refractivity contribution in [2.75, 3.05) is 6.54 Å². The van der Waals surface area contributed by atoms with Gasteiger partial charge in [-0.05, 0) is 5.53 Å². The summed E-state index contributed by atoms with van der Waals surface area (Å²) in [5, 5.41) is 10.7. The average Bonchev–Trinajstić information content (AvgIpc) is 1.98. The van der Waals surface area contributed by atoms with Gasteiger partial charge in [0.2, 0.25) is 0 Å². The lowest BCUT2D eigenvalue weighted by atomic mass is 10.2. The third-order valence-electron chi connectivity index (χ3n) is 1.07. The minimum Gasteiger partial charge on any atom is -0.481 e. The Balaban J connectivity index is 3.85. The summed E-state index contributed by atoms with van der Waals surface area (Å²) >= 11 is 0. The van der Waals surface area contributed by atoms with Crippen LogP contribution in [0.25, 0.3) is 10.4 Å². The largest absolute Gasteiger partial charge is 0.481 e. The number of alkyl halides is 2. The second kappa shape index (κ2) is 4.50. The molecule has 0 atom stereocenters. The third-order valence-corrected chi connectivity index (χ3v) is 1.07. The smallest absolute Gasteiger partial charge is 0.303 e. The fourth-order valence-corrected chi connectivity index (χ4v) is 0.504. The molecule has 5 nitrogen and oxygen atoms in total. The number of aliphatic carboxylic acids is 1. The normalized spacial score (nSPS) is 10.5. The van der Waals surface area contributed by atoms with E-state index in [4.69, 9.17) is 10.6 Å². The van der Waals surface area contributed by atoms with Gasteiger partial charge in [0.05, 0.1) is 13.0 Å². The average molecular weight is 179 g/mol. The summed E-state index contributed by atoms with van der Waals surface area (Å²) in [5.74, 6) is -4.51. The molecule has 0 aromatic heterocycles. The molecule has 0 fully saturated rings. The van der Waals surface area contributed by atoms with Crippen molar-refractivity contribution in [2.45, 2.75) is 18.8 Å². The summed E-state index contributed by atoms with van der Waals surface area (Å²) in [6.45, 7) is -0.989. The Hall–Kier alpha value is -1.36. The van der Waals surface area contributed by atoms with Gasteiger partial charge in [0, 0.05) is 11.3 Å². The van der Waals surface area contributed by atoms with Crippen LogP contribution in [0.4, 0.5) is 8.78 Å². The maximum atomic E-state index is 12.4. The van der Waals surface area contributed by atoms with E-state index in [-0.39, 0.29) is 0 Å². The summed E-state index contributed by atoms with van der Waals surface area (Å²) in [4.78, 5) is 12.0. The Morgan fingerprint density at radius 2 is 2.25 bits per heavy atom. The van der Waals surface area contributed by atoms with Crippen molar-refractivity contribution >= 4 is 5.97 Å². The SMILES string of the molecule is [N-]=[N+]=NCC(F)(F)CCC(=O)O. The first-order valence-electron chi connectivity index (χ1n) is 3.08. The molecule has 0 heterocycles. The van der Waals surface area contributed by atoms with Crippen molar-refractivity contribution in [3.63, 3.8) is 0 Å². The topological polar surface area (TPSA) is 86.1 Å². The lowest BCUT2D eigenvalue weighted by Gasteiger charge is -2.10. The highest BCUT2D eigenvalue weighted by atomic mass is 19.3. The molecule has 0 aliphatic carbocycles. The van der Waals surface area contributed by atoms with Crippen molar-refractivity contribution in [1.29, 1.82) is 0 Å². The highest BCUT2D eigenvalue weighted by Crippen LogP contribution is 2.20. The van der Waals surface area contributed by atoms with Gasteiger partial charge in [-0.15, -0.1) is 0 Å². The first-order valence-corrected chi connectivity index (χ1v) is 3.08. The summed E-state index contributed by atoms with van der Waals surface area (Å²) in [6.07, 6.45) is -1.44. The number of carboxylic acid groups (broad SMARTS) is 1. The van der Waals surface area contributed by atoms with E-state index in [1.54, 1.807) is 0 Å². The van der Waals surface area contributed by atoms with Crippen LogP contribution in [0.1, 0.15) is 12.8 Å². The molecule has 0 aliphatic heterocycles. The predicted octanol–water partition coefficient (Wildman–Crippen LogP) is 1.80. The van der Waals surface area contributed by atoms with Gasteiger partial charge >= 0.3 is 5.97 Å². The highest BCUT2D eigenvalue weighted by Gasteiger charge is 2.28. The molecule has 0 amide bonds. The fraction of sp³-hybridized carbons (Fsp3) is 0.800. The summed E-state index contributed by atoms with van der Waals surface area (Å²) in [5.41, 5.74) is 7.72. The van der Waals surface area contributed by atoms with E-state index in [0.717, 1.165) is 0 Å². The number of nitrogens with zero attached hydrogens (tertiary/aromatic N) is 3. The van der Waals surface area contributed by atoms with E-state index in [9.17, 15) is 13.6 Å². The number of rotatable bonds is 5. The molecular formula is C5H7F2N3O2. The molecule has 1 N–H and O–H groups in total. The molecule has 0 saturated carbocycles. The summed E-state index contributed by atoms with van der Waals surface area (Å²) in [6, 6.07) is 0. The Bertz CT molecular complexity index is 213. The van der Waals surface area contributed by atoms with Crippen LogP contribution in [-0.2, 0) is 4.79 Å². The molecule has 7 heteroatoms. The van der Waals surface area contributed by atoms with E-state index in [2.05, 4.69) is 10.0 Å². The standard InChI is InChI=1S/C5H7F2N3O2/c6-5(7,3-9-10-8)2-1-4(11)12/h1-3H2,(H,11,12). The van der Waals surface area contributed by atoms with Gasteiger partial charge in [0.1, 0.15) is 0 Å². The molecule has 0 bridgehead atoms. The molecule has 0 aliphatic rings. The first kappa shape index (κ1) is 10.6. The van der Waals surface area contributed by atoms with Crippen LogP contribution >= 0.6 is 0 Å². The van der Waals surface area contributed by atoms with E-state index in [1.807, 2.05) is 0 Å².